The van der Waals surface area contributed by atoms with Crippen molar-refractivity contribution in [1.82, 2.24) is 15.0 Å². The molecule has 2 aromatic heterocycles. The van der Waals surface area contributed by atoms with Crippen molar-refractivity contribution in [3.8, 4) is 11.3 Å². The number of carboxylic acids is 1. The molecule has 0 aliphatic heterocycles. The average Bonchev–Trinajstić information content (AvgIpc) is 2.97. The number of carbonyl (C=O) groups excluding carboxylic acids is 1. The van der Waals surface area contributed by atoms with Gasteiger partial charge in [-0.2, -0.15) is 0 Å². The van der Waals surface area contributed by atoms with E-state index in [0.29, 0.717) is 17.0 Å². The molecule has 6 heteroatoms. The molecule has 0 saturated carbocycles. The van der Waals surface area contributed by atoms with Crippen LogP contribution < -0.4 is 0 Å². The lowest BCUT2D eigenvalue weighted by Crippen LogP contribution is -2.20. The van der Waals surface area contributed by atoms with Crippen molar-refractivity contribution in [3.05, 3.63) is 47.9 Å². The normalized spacial score (nSPS) is 11.6. The third-order valence-corrected chi connectivity index (χ3v) is 3.76. The van der Waals surface area contributed by atoms with Crippen molar-refractivity contribution < 1.29 is 14.7 Å². The summed E-state index contributed by atoms with van der Waals surface area (Å²) in [4.78, 5) is 35.0. The van der Waals surface area contributed by atoms with Crippen molar-refractivity contribution in [3.63, 3.8) is 0 Å². The number of aromatic carboxylic acids is 1. The number of rotatable bonds is 3. The van der Waals surface area contributed by atoms with Gasteiger partial charge in [0.2, 0.25) is 0 Å². The highest BCUT2D eigenvalue weighted by molar-refractivity contribution is 6.04. The van der Waals surface area contributed by atoms with Crippen molar-refractivity contribution >= 4 is 22.8 Å². The molecule has 2 heterocycles. The molecule has 24 heavy (non-hydrogen) atoms. The van der Waals surface area contributed by atoms with E-state index in [1.807, 2.05) is 20.8 Å². The number of aromatic amines is 1. The molecule has 1 aromatic carbocycles. The molecule has 0 aliphatic carbocycles. The number of fused-ring (bicyclic) bond motifs is 1. The largest absolute Gasteiger partial charge is 0.478 e. The lowest BCUT2D eigenvalue weighted by atomic mass is 9.89. The zero-order valence-corrected chi connectivity index (χ0v) is 13.6. The smallest absolute Gasteiger partial charge is 0.335 e. The van der Waals surface area contributed by atoms with Gasteiger partial charge in [-0.05, 0) is 18.2 Å². The number of benzene rings is 1. The van der Waals surface area contributed by atoms with Gasteiger partial charge in [-0.15, -0.1) is 0 Å². The maximum absolute atomic E-state index is 12.5. The standard InChI is InChI=1S/C18H17N3O3/c1-18(2,3)15(22)13-8-12-14(19-9-20-16(12)21-13)10-4-6-11(7-5-10)17(23)24/h4-9H,1-3H3,(H,23,24)(H,19,20,21). The fourth-order valence-corrected chi connectivity index (χ4v) is 2.47. The molecule has 0 fully saturated rings. The summed E-state index contributed by atoms with van der Waals surface area (Å²) in [6.07, 6.45) is 1.42. The number of hydrogen-bond acceptors (Lipinski definition) is 4. The zero-order chi connectivity index (χ0) is 17.5. The predicted molar refractivity (Wildman–Crippen MR) is 90.1 cm³/mol. The van der Waals surface area contributed by atoms with Gasteiger partial charge >= 0.3 is 5.97 Å². The molecule has 122 valence electrons. The van der Waals surface area contributed by atoms with Crippen molar-refractivity contribution in [1.29, 1.82) is 0 Å². The highest BCUT2D eigenvalue weighted by Crippen LogP contribution is 2.28. The molecular weight excluding hydrogens is 306 g/mol. The average molecular weight is 323 g/mol. The molecule has 0 radical (unpaired) electrons. The van der Waals surface area contributed by atoms with Gasteiger partial charge in [-0.3, -0.25) is 4.79 Å². The van der Waals surface area contributed by atoms with Crippen LogP contribution in [0.15, 0.2) is 36.7 Å². The highest BCUT2D eigenvalue weighted by atomic mass is 16.4. The van der Waals surface area contributed by atoms with Gasteiger partial charge in [0.1, 0.15) is 12.0 Å². The summed E-state index contributed by atoms with van der Waals surface area (Å²) < 4.78 is 0. The Labute approximate surface area is 138 Å². The van der Waals surface area contributed by atoms with Gasteiger partial charge in [-0.25, -0.2) is 14.8 Å². The second kappa shape index (κ2) is 5.56. The number of nitrogens with zero attached hydrogens (tertiary/aromatic N) is 2. The summed E-state index contributed by atoms with van der Waals surface area (Å²) in [7, 11) is 0. The number of ketones is 1. The highest BCUT2D eigenvalue weighted by Gasteiger charge is 2.25. The van der Waals surface area contributed by atoms with Gasteiger partial charge in [0.05, 0.1) is 17.0 Å². The van der Waals surface area contributed by atoms with Crippen molar-refractivity contribution in [2.45, 2.75) is 20.8 Å². The van der Waals surface area contributed by atoms with E-state index in [1.165, 1.54) is 18.5 Å². The molecule has 0 unspecified atom stereocenters. The summed E-state index contributed by atoms with van der Waals surface area (Å²) in [5.74, 6) is -0.984. The molecule has 3 rings (SSSR count). The Balaban J connectivity index is 2.10. The zero-order valence-electron chi connectivity index (χ0n) is 13.6. The molecule has 0 saturated heterocycles. The Morgan fingerprint density at radius 3 is 2.33 bits per heavy atom. The van der Waals surface area contributed by atoms with Crippen molar-refractivity contribution in [2.75, 3.05) is 0 Å². The Morgan fingerprint density at radius 1 is 1.08 bits per heavy atom. The first kappa shape index (κ1) is 15.9. The molecule has 0 bridgehead atoms. The van der Waals surface area contributed by atoms with E-state index in [9.17, 15) is 9.59 Å². The molecule has 6 nitrogen and oxygen atoms in total. The number of aromatic nitrogens is 3. The fourth-order valence-electron chi connectivity index (χ4n) is 2.47. The first-order valence-corrected chi connectivity index (χ1v) is 7.49. The minimum Gasteiger partial charge on any atom is -0.478 e. The molecule has 0 aliphatic rings. The number of nitrogens with one attached hydrogen (secondary N) is 1. The molecule has 0 amide bonds. The van der Waals surface area contributed by atoms with Gasteiger partial charge in [0, 0.05) is 16.4 Å². The molecular formula is C18H17N3O3. The summed E-state index contributed by atoms with van der Waals surface area (Å²) in [5.41, 5.74) is 2.19. The molecule has 0 atom stereocenters. The SMILES string of the molecule is CC(C)(C)C(=O)c1cc2c(-c3ccc(C(=O)O)cc3)ncnc2[nH]1. The first-order chi connectivity index (χ1) is 11.3. The predicted octanol–water partition coefficient (Wildman–Crippen LogP) is 3.55. The van der Waals surface area contributed by atoms with Gasteiger partial charge < -0.3 is 10.1 Å². The topological polar surface area (TPSA) is 95.9 Å². The van der Waals surface area contributed by atoms with Gasteiger partial charge in [0.15, 0.2) is 5.78 Å². The van der Waals surface area contributed by atoms with Crippen molar-refractivity contribution in [2.24, 2.45) is 5.41 Å². The number of carboxylic acid groups (broad SMARTS) is 1. The van der Waals surface area contributed by atoms with E-state index < -0.39 is 11.4 Å². The Morgan fingerprint density at radius 2 is 1.75 bits per heavy atom. The van der Waals surface area contributed by atoms with Crippen LogP contribution in [0.4, 0.5) is 0 Å². The third-order valence-electron chi connectivity index (χ3n) is 3.76. The Bertz CT molecular complexity index is 934. The lowest BCUT2D eigenvalue weighted by molar-refractivity contribution is 0.0696. The lowest BCUT2D eigenvalue weighted by Gasteiger charge is -2.14. The van der Waals surface area contributed by atoms with Crippen LogP contribution >= 0.6 is 0 Å². The number of Topliss-reactive ketones (excluding diaryl/α,β-unsaturated/α-hetero) is 1. The molecule has 3 aromatic rings. The van der Waals surface area contributed by atoms with Gasteiger partial charge in [-0.1, -0.05) is 32.9 Å². The van der Waals surface area contributed by atoms with E-state index in [4.69, 9.17) is 5.11 Å². The maximum Gasteiger partial charge on any atom is 0.335 e. The van der Waals surface area contributed by atoms with Crippen LogP contribution in [0.1, 0.15) is 41.6 Å². The van der Waals surface area contributed by atoms with Crippen LogP contribution in [0.3, 0.4) is 0 Å². The van der Waals surface area contributed by atoms with Crippen LogP contribution in [-0.2, 0) is 0 Å². The quantitative estimate of drug-likeness (QED) is 0.719. The Hall–Kier alpha value is -3.02. The second-order valence-electron chi connectivity index (χ2n) is 6.63. The summed E-state index contributed by atoms with van der Waals surface area (Å²) in [6, 6.07) is 8.20. The van der Waals surface area contributed by atoms with E-state index in [0.717, 1.165) is 10.9 Å². The van der Waals surface area contributed by atoms with E-state index in [1.54, 1.807) is 18.2 Å². The molecule has 2 N–H and O–H groups in total. The van der Waals surface area contributed by atoms with Crippen LogP contribution in [0.25, 0.3) is 22.3 Å². The second-order valence-corrected chi connectivity index (χ2v) is 6.63. The first-order valence-electron chi connectivity index (χ1n) is 7.49. The third kappa shape index (κ3) is 2.78. The summed E-state index contributed by atoms with van der Waals surface area (Å²) >= 11 is 0. The summed E-state index contributed by atoms with van der Waals surface area (Å²) in [6.45, 7) is 5.58. The fraction of sp³-hybridized carbons (Fsp3) is 0.222. The summed E-state index contributed by atoms with van der Waals surface area (Å²) in [5, 5.41) is 9.72. The van der Waals surface area contributed by atoms with Crippen LogP contribution in [-0.4, -0.2) is 31.8 Å². The number of hydrogen-bond donors (Lipinski definition) is 2. The monoisotopic (exact) mass is 323 g/mol. The van der Waals surface area contributed by atoms with Gasteiger partial charge in [0.25, 0.3) is 0 Å². The van der Waals surface area contributed by atoms with Crippen LogP contribution in [0.5, 0.6) is 0 Å². The van der Waals surface area contributed by atoms with E-state index in [-0.39, 0.29) is 11.3 Å². The minimum atomic E-state index is -0.978. The van der Waals surface area contributed by atoms with E-state index in [2.05, 4.69) is 15.0 Å². The maximum atomic E-state index is 12.5. The molecule has 0 spiro atoms. The van der Waals surface area contributed by atoms with E-state index >= 15 is 0 Å². The minimum absolute atomic E-state index is 0.00678. The number of H-pyrrole nitrogens is 1. The van der Waals surface area contributed by atoms with Crippen LogP contribution in [0.2, 0.25) is 0 Å². The number of carbonyl (C=O) groups is 2. The Kier molecular flexibility index (Phi) is 3.67. The van der Waals surface area contributed by atoms with Crippen LogP contribution in [0, 0.1) is 5.41 Å².